The average Bonchev–Trinajstić information content (AvgIpc) is 3.18. The van der Waals surface area contributed by atoms with Gasteiger partial charge in [0, 0.05) is 19.5 Å². The van der Waals surface area contributed by atoms with Crippen LogP contribution in [0.3, 0.4) is 0 Å². The van der Waals surface area contributed by atoms with Crippen molar-refractivity contribution in [2.75, 3.05) is 30.0 Å². The smallest absolute Gasteiger partial charge is 0.174 e. The van der Waals surface area contributed by atoms with E-state index >= 15 is 0 Å². The van der Waals surface area contributed by atoms with Gasteiger partial charge in [-0.05, 0) is 31.9 Å². The fourth-order valence-corrected chi connectivity index (χ4v) is 4.42. The topological polar surface area (TPSA) is 46.3 Å². The van der Waals surface area contributed by atoms with Gasteiger partial charge in [0.15, 0.2) is 5.78 Å². The van der Waals surface area contributed by atoms with Gasteiger partial charge in [-0.15, -0.1) is 23.1 Å². The summed E-state index contributed by atoms with van der Waals surface area (Å²) in [6.45, 7) is 6.14. The van der Waals surface area contributed by atoms with Crippen LogP contribution in [0.15, 0.2) is 4.90 Å². The van der Waals surface area contributed by atoms with Gasteiger partial charge in [-0.1, -0.05) is 6.92 Å². The van der Waals surface area contributed by atoms with Gasteiger partial charge in [-0.3, -0.25) is 4.79 Å². The van der Waals surface area contributed by atoms with E-state index in [2.05, 4.69) is 11.8 Å². The lowest BCUT2D eigenvalue weighted by Gasteiger charge is -2.22. The molecular formula is C14H22N2OS2. The van der Waals surface area contributed by atoms with E-state index in [-0.39, 0.29) is 5.78 Å². The van der Waals surface area contributed by atoms with Crippen molar-refractivity contribution in [1.29, 1.82) is 0 Å². The number of Topliss-reactive ketones (excluding diaryl/α,β-unsaturated/α-hetero) is 1. The number of thioether (sulfide) groups is 1. The van der Waals surface area contributed by atoms with Gasteiger partial charge in [-0.25, -0.2) is 0 Å². The summed E-state index contributed by atoms with van der Waals surface area (Å²) in [7, 11) is 0. The van der Waals surface area contributed by atoms with Crippen molar-refractivity contribution >= 4 is 39.6 Å². The quantitative estimate of drug-likeness (QED) is 0.613. The van der Waals surface area contributed by atoms with E-state index < -0.39 is 0 Å². The van der Waals surface area contributed by atoms with Crippen LogP contribution in [0.2, 0.25) is 0 Å². The molecule has 1 aromatic heterocycles. The number of ketones is 1. The van der Waals surface area contributed by atoms with Crippen molar-refractivity contribution < 1.29 is 4.79 Å². The fraction of sp³-hybridized carbons (Fsp3) is 0.643. The number of anilines is 2. The molecule has 1 fully saturated rings. The fourth-order valence-electron chi connectivity index (χ4n) is 2.16. The molecule has 0 bridgehead atoms. The Morgan fingerprint density at radius 1 is 1.47 bits per heavy atom. The van der Waals surface area contributed by atoms with Crippen molar-refractivity contribution in [3.8, 4) is 0 Å². The van der Waals surface area contributed by atoms with Crippen LogP contribution in [0.1, 0.15) is 42.8 Å². The SMILES string of the molecule is CCC(=O)c1sc(N(CC)CC2CC2)c(SC)c1N. The maximum absolute atomic E-state index is 12.0. The first-order valence-electron chi connectivity index (χ1n) is 6.86. The summed E-state index contributed by atoms with van der Waals surface area (Å²) in [5.74, 6) is 0.995. The number of nitrogens with two attached hydrogens (primary N) is 1. The van der Waals surface area contributed by atoms with Crippen LogP contribution in [-0.4, -0.2) is 25.1 Å². The molecule has 2 N–H and O–H groups in total. The van der Waals surface area contributed by atoms with Crippen LogP contribution < -0.4 is 10.6 Å². The van der Waals surface area contributed by atoms with Crippen LogP contribution in [0.5, 0.6) is 0 Å². The Bertz CT molecular complexity index is 466. The molecule has 1 aliphatic carbocycles. The van der Waals surface area contributed by atoms with Crippen molar-refractivity contribution in [2.45, 2.75) is 38.0 Å². The Labute approximate surface area is 123 Å². The Hall–Kier alpha value is -0.680. The second kappa shape index (κ2) is 6.18. The van der Waals surface area contributed by atoms with Crippen LogP contribution in [0, 0.1) is 5.92 Å². The normalized spacial score (nSPS) is 14.7. The van der Waals surface area contributed by atoms with E-state index in [1.165, 1.54) is 17.8 Å². The third-order valence-corrected chi connectivity index (χ3v) is 5.76. The number of nitrogens with zero attached hydrogens (tertiary/aromatic N) is 1. The summed E-state index contributed by atoms with van der Waals surface area (Å²) in [6, 6.07) is 0. The zero-order valence-electron chi connectivity index (χ0n) is 11.9. The maximum Gasteiger partial charge on any atom is 0.174 e. The molecule has 0 unspecified atom stereocenters. The van der Waals surface area contributed by atoms with Gasteiger partial charge in [0.25, 0.3) is 0 Å². The molecular weight excluding hydrogens is 276 g/mol. The molecule has 0 spiro atoms. The van der Waals surface area contributed by atoms with E-state index in [1.807, 2.05) is 13.2 Å². The molecule has 1 aliphatic rings. The minimum Gasteiger partial charge on any atom is -0.396 e. The van der Waals surface area contributed by atoms with Crippen LogP contribution in [-0.2, 0) is 0 Å². The molecule has 1 saturated carbocycles. The minimum absolute atomic E-state index is 0.159. The zero-order valence-corrected chi connectivity index (χ0v) is 13.5. The molecule has 19 heavy (non-hydrogen) atoms. The molecule has 106 valence electrons. The summed E-state index contributed by atoms with van der Waals surface area (Å²) in [4.78, 5) is 16.2. The number of nitrogen functional groups attached to an aromatic ring is 1. The lowest BCUT2D eigenvalue weighted by Crippen LogP contribution is -2.24. The van der Waals surface area contributed by atoms with E-state index in [0.717, 1.165) is 28.8 Å². The van der Waals surface area contributed by atoms with Gasteiger partial charge >= 0.3 is 0 Å². The Balaban J connectivity index is 2.33. The molecule has 1 heterocycles. The number of thiophene rings is 1. The molecule has 3 nitrogen and oxygen atoms in total. The van der Waals surface area contributed by atoms with E-state index in [9.17, 15) is 4.79 Å². The van der Waals surface area contributed by atoms with E-state index in [1.54, 1.807) is 23.1 Å². The Morgan fingerprint density at radius 2 is 2.16 bits per heavy atom. The van der Waals surface area contributed by atoms with Gasteiger partial charge < -0.3 is 10.6 Å². The van der Waals surface area contributed by atoms with Crippen LogP contribution in [0.25, 0.3) is 0 Å². The van der Waals surface area contributed by atoms with Crippen LogP contribution in [0.4, 0.5) is 10.7 Å². The molecule has 1 aromatic rings. The molecule has 0 aliphatic heterocycles. The summed E-state index contributed by atoms with van der Waals surface area (Å²) >= 11 is 3.23. The Morgan fingerprint density at radius 3 is 2.63 bits per heavy atom. The largest absolute Gasteiger partial charge is 0.396 e. The second-order valence-electron chi connectivity index (χ2n) is 4.94. The highest BCUT2D eigenvalue weighted by Gasteiger charge is 2.28. The highest BCUT2D eigenvalue weighted by molar-refractivity contribution is 7.99. The first-order valence-corrected chi connectivity index (χ1v) is 8.90. The number of carbonyl (C=O) groups excluding carboxylic acids is 1. The van der Waals surface area contributed by atoms with E-state index in [0.29, 0.717) is 12.1 Å². The third-order valence-electron chi connectivity index (χ3n) is 3.51. The van der Waals surface area contributed by atoms with Crippen molar-refractivity contribution in [3.63, 3.8) is 0 Å². The summed E-state index contributed by atoms with van der Waals surface area (Å²) in [5.41, 5.74) is 6.86. The van der Waals surface area contributed by atoms with Gasteiger partial charge in [-0.2, -0.15) is 0 Å². The third kappa shape index (κ3) is 3.08. The summed E-state index contributed by atoms with van der Waals surface area (Å²) in [6.07, 6.45) is 5.24. The van der Waals surface area contributed by atoms with Crippen molar-refractivity contribution in [2.24, 2.45) is 5.92 Å². The first-order chi connectivity index (χ1) is 9.12. The monoisotopic (exact) mass is 298 g/mol. The Kier molecular flexibility index (Phi) is 4.79. The highest BCUT2D eigenvalue weighted by Crippen LogP contribution is 2.45. The zero-order chi connectivity index (χ0) is 14.0. The van der Waals surface area contributed by atoms with E-state index in [4.69, 9.17) is 5.73 Å². The number of carbonyl (C=O) groups is 1. The number of rotatable bonds is 7. The number of hydrogen-bond donors (Lipinski definition) is 1. The summed E-state index contributed by atoms with van der Waals surface area (Å²) in [5, 5.41) is 1.19. The molecule has 2 rings (SSSR count). The average molecular weight is 298 g/mol. The maximum atomic E-state index is 12.0. The van der Waals surface area contributed by atoms with Gasteiger partial charge in [0.1, 0.15) is 5.00 Å². The molecule has 0 amide bonds. The summed E-state index contributed by atoms with van der Waals surface area (Å²) < 4.78 is 0. The predicted molar refractivity (Wildman–Crippen MR) is 85.7 cm³/mol. The number of hydrogen-bond acceptors (Lipinski definition) is 5. The standard InChI is InChI=1S/C14H22N2OS2/c1-4-10(17)12-11(15)13(18-3)14(19-12)16(5-2)8-9-6-7-9/h9H,4-8,15H2,1-3H3. The minimum atomic E-state index is 0.159. The highest BCUT2D eigenvalue weighted by atomic mass is 32.2. The lowest BCUT2D eigenvalue weighted by atomic mass is 10.2. The second-order valence-corrected chi connectivity index (χ2v) is 6.76. The van der Waals surface area contributed by atoms with Crippen molar-refractivity contribution in [3.05, 3.63) is 4.88 Å². The first kappa shape index (κ1) is 14.7. The lowest BCUT2D eigenvalue weighted by molar-refractivity contribution is 0.0992. The van der Waals surface area contributed by atoms with Gasteiger partial charge in [0.05, 0.1) is 15.5 Å². The molecule has 0 aromatic carbocycles. The van der Waals surface area contributed by atoms with Gasteiger partial charge in [0.2, 0.25) is 0 Å². The molecule has 0 radical (unpaired) electrons. The molecule has 0 atom stereocenters. The predicted octanol–water partition coefficient (Wildman–Crippen LogP) is 3.88. The van der Waals surface area contributed by atoms with Crippen LogP contribution >= 0.6 is 23.1 Å². The van der Waals surface area contributed by atoms with Crippen molar-refractivity contribution in [1.82, 2.24) is 0 Å². The molecule has 0 saturated heterocycles. The molecule has 5 heteroatoms.